The molecule has 1 aliphatic rings. The summed E-state index contributed by atoms with van der Waals surface area (Å²) in [5.41, 5.74) is 1.13. The Morgan fingerprint density at radius 3 is 2.81 bits per heavy atom. The van der Waals surface area contributed by atoms with Crippen LogP contribution in [-0.2, 0) is 9.53 Å². The van der Waals surface area contributed by atoms with E-state index in [-0.39, 0.29) is 17.4 Å². The van der Waals surface area contributed by atoms with Crippen LogP contribution >= 0.6 is 23.4 Å². The second-order valence-corrected chi connectivity index (χ2v) is 5.08. The number of halogens is 1. The van der Waals surface area contributed by atoms with E-state index in [1.807, 2.05) is 24.3 Å². The lowest BCUT2D eigenvalue weighted by Gasteiger charge is -2.12. The van der Waals surface area contributed by atoms with Crippen molar-refractivity contribution in [2.45, 2.75) is 11.4 Å². The van der Waals surface area contributed by atoms with Crippen molar-refractivity contribution in [3.8, 4) is 0 Å². The van der Waals surface area contributed by atoms with Gasteiger partial charge in [0.15, 0.2) is 0 Å². The molecule has 2 atom stereocenters. The van der Waals surface area contributed by atoms with E-state index in [4.69, 9.17) is 16.3 Å². The Balaban J connectivity index is 2.03. The van der Waals surface area contributed by atoms with Gasteiger partial charge < -0.3 is 4.74 Å². The van der Waals surface area contributed by atoms with Gasteiger partial charge in [0.25, 0.3) is 0 Å². The molecule has 0 aliphatic carbocycles. The fourth-order valence-corrected chi connectivity index (χ4v) is 2.93. The van der Waals surface area contributed by atoms with E-state index in [0.29, 0.717) is 0 Å². The lowest BCUT2D eigenvalue weighted by atomic mass is 10.2. The molecule has 5 heteroatoms. The SMILES string of the molecule is COC(=O)[C@@H]1CS[C@@H](c2ccc(Cl)cc2)N1. The standard InChI is InChI=1S/C11H12ClNO2S/c1-15-11(14)9-6-16-10(13-9)7-2-4-8(12)5-3-7/h2-5,9-10,13H,6H2,1H3/t9-,10-/m0/s1. The molecule has 1 aromatic rings. The van der Waals surface area contributed by atoms with Gasteiger partial charge in [0.1, 0.15) is 6.04 Å². The van der Waals surface area contributed by atoms with Crippen molar-refractivity contribution in [3.63, 3.8) is 0 Å². The number of carbonyl (C=O) groups excluding carboxylic acids is 1. The fraction of sp³-hybridized carbons (Fsp3) is 0.364. The molecule has 16 heavy (non-hydrogen) atoms. The second kappa shape index (κ2) is 5.08. The number of esters is 1. The maximum absolute atomic E-state index is 11.3. The molecule has 86 valence electrons. The number of ether oxygens (including phenoxy) is 1. The Bertz CT molecular complexity index is 382. The number of nitrogens with one attached hydrogen (secondary N) is 1. The smallest absolute Gasteiger partial charge is 0.323 e. The predicted molar refractivity (Wildman–Crippen MR) is 65.6 cm³/mol. The first-order chi connectivity index (χ1) is 7.70. The summed E-state index contributed by atoms with van der Waals surface area (Å²) >= 11 is 7.52. The van der Waals surface area contributed by atoms with Gasteiger partial charge in [0, 0.05) is 10.8 Å². The van der Waals surface area contributed by atoms with Crippen LogP contribution in [0, 0.1) is 0 Å². The summed E-state index contributed by atoms with van der Waals surface area (Å²) in [6.07, 6.45) is 0. The zero-order chi connectivity index (χ0) is 11.5. The molecule has 0 spiro atoms. The van der Waals surface area contributed by atoms with Gasteiger partial charge in [0.2, 0.25) is 0 Å². The molecule has 1 fully saturated rings. The fourth-order valence-electron chi connectivity index (χ4n) is 1.58. The normalized spacial score (nSPS) is 24.4. The molecule has 0 unspecified atom stereocenters. The molecule has 0 radical (unpaired) electrons. The van der Waals surface area contributed by atoms with E-state index >= 15 is 0 Å². The number of benzene rings is 1. The van der Waals surface area contributed by atoms with E-state index in [0.717, 1.165) is 16.3 Å². The van der Waals surface area contributed by atoms with Crippen LogP contribution in [0.2, 0.25) is 5.02 Å². The molecule has 1 N–H and O–H groups in total. The highest BCUT2D eigenvalue weighted by Gasteiger charge is 2.30. The third-order valence-electron chi connectivity index (χ3n) is 2.44. The van der Waals surface area contributed by atoms with Crippen molar-refractivity contribution < 1.29 is 9.53 Å². The molecule has 0 amide bonds. The largest absolute Gasteiger partial charge is 0.468 e. The molecule has 0 saturated carbocycles. The van der Waals surface area contributed by atoms with Gasteiger partial charge in [-0.2, -0.15) is 0 Å². The van der Waals surface area contributed by atoms with Crippen LogP contribution in [0.3, 0.4) is 0 Å². The van der Waals surface area contributed by atoms with Crippen LogP contribution in [0.5, 0.6) is 0 Å². The van der Waals surface area contributed by atoms with Crippen LogP contribution in [0.25, 0.3) is 0 Å². The summed E-state index contributed by atoms with van der Waals surface area (Å²) in [4.78, 5) is 11.3. The van der Waals surface area contributed by atoms with E-state index in [1.54, 1.807) is 11.8 Å². The summed E-state index contributed by atoms with van der Waals surface area (Å²) in [6.45, 7) is 0. The minimum atomic E-state index is -0.212. The van der Waals surface area contributed by atoms with Gasteiger partial charge in [-0.25, -0.2) is 0 Å². The molecular formula is C11H12ClNO2S. The van der Waals surface area contributed by atoms with Crippen molar-refractivity contribution >= 4 is 29.3 Å². The second-order valence-electron chi connectivity index (χ2n) is 3.51. The van der Waals surface area contributed by atoms with E-state index in [9.17, 15) is 4.79 Å². The lowest BCUT2D eigenvalue weighted by Crippen LogP contribution is -2.34. The Morgan fingerprint density at radius 2 is 2.19 bits per heavy atom. The van der Waals surface area contributed by atoms with Gasteiger partial charge in [-0.3, -0.25) is 10.1 Å². The topological polar surface area (TPSA) is 38.3 Å². The molecule has 3 nitrogen and oxygen atoms in total. The maximum Gasteiger partial charge on any atom is 0.323 e. The zero-order valence-electron chi connectivity index (χ0n) is 8.77. The van der Waals surface area contributed by atoms with Crippen LogP contribution in [0.1, 0.15) is 10.9 Å². The van der Waals surface area contributed by atoms with Gasteiger partial charge in [-0.05, 0) is 17.7 Å². The van der Waals surface area contributed by atoms with Crippen molar-refractivity contribution in [3.05, 3.63) is 34.9 Å². The Morgan fingerprint density at radius 1 is 1.50 bits per heavy atom. The quantitative estimate of drug-likeness (QED) is 0.825. The first kappa shape index (κ1) is 11.8. The molecule has 0 aromatic heterocycles. The number of methoxy groups -OCH3 is 1. The minimum absolute atomic E-state index is 0.140. The van der Waals surface area contributed by atoms with Gasteiger partial charge in [-0.1, -0.05) is 23.7 Å². The first-order valence-electron chi connectivity index (χ1n) is 4.91. The van der Waals surface area contributed by atoms with Crippen LogP contribution in [0.15, 0.2) is 24.3 Å². The highest BCUT2D eigenvalue weighted by molar-refractivity contribution is 7.99. The third kappa shape index (κ3) is 2.51. The Kier molecular flexibility index (Phi) is 3.74. The highest BCUT2D eigenvalue weighted by Crippen LogP contribution is 2.33. The van der Waals surface area contributed by atoms with Gasteiger partial charge >= 0.3 is 5.97 Å². The third-order valence-corrected chi connectivity index (χ3v) is 3.96. The number of hydrogen-bond donors (Lipinski definition) is 1. The van der Waals surface area contributed by atoms with Crippen LogP contribution in [-0.4, -0.2) is 24.9 Å². The predicted octanol–water partition coefficient (Wildman–Crippen LogP) is 2.22. The summed E-state index contributed by atoms with van der Waals surface area (Å²) in [5.74, 6) is 0.531. The molecule has 2 rings (SSSR count). The Labute approximate surface area is 104 Å². The van der Waals surface area contributed by atoms with Crippen molar-refractivity contribution in [1.29, 1.82) is 0 Å². The number of rotatable bonds is 2. The zero-order valence-corrected chi connectivity index (χ0v) is 10.3. The van der Waals surface area contributed by atoms with Gasteiger partial charge in [-0.15, -0.1) is 11.8 Å². The number of hydrogen-bond acceptors (Lipinski definition) is 4. The monoisotopic (exact) mass is 257 g/mol. The average molecular weight is 258 g/mol. The van der Waals surface area contributed by atoms with Crippen LogP contribution in [0.4, 0.5) is 0 Å². The van der Waals surface area contributed by atoms with E-state index in [2.05, 4.69) is 5.32 Å². The number of thioether (sulfide) groups is 1. The maximum atomic E-state index is 11.3. The van der Waals surface area contributed by atoms with Crippen LogP contribution < -0.4 is 5.32 Å². The summed E-state index contributed by atoms with van der Waals surface area (Å²) < 4.78 is 4.70. The molecule has 1 saturated heterocycles. The van der Waals surface area contributed by atoms with E-state index < -0.39 is 0 Å². The molecule has 1 aromatic carbocycles. The van der Waals surface area contributed by atoms with Gasteiger partial charge in [0.05, 0.1) is 12.5 Å². The summed E-state index contributed by atoms with van der Waals surface area (Å²) in [6, 6.07) is 7.42. The van der Waals surface area contributed by atoms with Crippen molar-refractivity contribution in [1.82, 2.24) is 5.32 Å². The molecular weight excluding hydrogens is 246 g/mol. The molecule has 1 heterocycles. The Hall–Kier alpha value is -0.710. The van der Waals surface area contributed by atoms with Crippen molar-refractivity contribution in [2.75, 3.05) is 12.9 Å². The molecule has 1 aliphatic heterocycles. The lowest BCUT2D eigenvalue weighted by molar-refractivity contribution is -0.142. The van der Waals surface area contributed by atoms with E-state index in [1.165, 1.54) is 7.11 Å². The number of carbonyl (C=O) groups is 1. The first-order valence-corrected chi connectivity index (χ1v) is 6.34. The summed E-state index contributed by atoms with van der Waals surface area (Å²) in [5, 5.41) is 4.08. The summed E-state index contributed by atoms with van der Waals surface area (Å²) in [7, 11) is 1.41. The van der Waals surface area contributed by atoms with Crippen molar-refractivity contribution in [2.24, 2.45) is 0 Å². The average Bonchev–Trinajstić information content (AvgIpc) is 2.78. The molecule has 0 bridgehead atoms. The highest BCUT2D eigenvalue weighted by atomic mass is 35.5. The minimum Gasteiger partial charge on any atom is -0.468 e.